The molecule has 1 aliphatic carbocycles. The molecule has 5 nitrogen and oxygen atoms in total. The van der Waals surface area contributed by atoms with Crippen LogP contribution in [0.1, 0.15) is 24.5 Å². The van der Waals surface area contributed by atoms with Crippen molar-refractivity contribution in [1.82, 2.24) is 14.9 Å². The van der Waals surface area contributed by atoms with Crippen LogP contribution < -0.4 is 5.32 Å². The van der Waals surface area contributed by atoms with Crippen LogP contribution in [-0.2, 0) is 11.3 Å². The van der Waals surface area contributed by atoms with Crippen LogP contribution in [0.15, 0.2) is 43.0 Å². The largest absolute Gasteiger partial charge is 0.378 e. The molecule has 2 N–H and O–H groups in total. The average Bonchev–Trinajstić information content (AvgIpc) is 3.09. The van der Waals surface area contributed by atoms with Gasteiger partial charge in [-0.1, -0.05) is 12.1 Å². The highest BCUT2D eigenvalue weighted by Crippen LogP contribution is 2.46. The van der Waals surface area contributed by atoms with Gasteiger partial charge >= 0.3 is 0 Å². The first-order valence-corrected chi connectivity index (χ1v) is 7.25. The fourth-order valence-electron chi connectivity index (χ4n) is 2.50. The molecule has 0 radical (unpaired) electrons. The van der Waals surface area contributed by atoms with E-state index < -0.39 is 17.8 Å². The van der Waals surface area contributed by atoms with Crippen LogP contribution >= 0.6 is 0 Å². The van der Waals surface area contributed by atoms with Crippen LogP contribution in [0.25, 0.3) is 0 Å². The third-order valence-corrected chi connectivity index (χ3v) is 4.11. The van der Waals surface area contributed by atoms with Crippen LogP contribution in [0.2, 0.25) is 0 Å². The van der Waals surface area contributed by atoms with Gasteiger partial charge in [-0.15, -0.1) is 0 Å². The van der Waals surface area contributed by atoms with Crippen molar-refractivity contribution in [2.75, 3.05) is 6.54 Å². The van der Waals surface area contributed by atoms with Gasteiger partial charge in [0.25, 0.3) is 5.91 Å². The lowest BCUT2D eigenvalue weighted by Crippen LogP contribution is -2.35. The Hall–Kier alpha value is -2.21. The van der Waals surface area contributed by atoms with Crippen molar-refractivity contribution >= 4 is 5.91 Å². The lowest BCUT2D eigenvalue weighted by Gasteiger charge is -2.18. The van der Waals surface area contributed by atoms with Crippen molar-refractivity contribution in [2.24, 2.45) is 5.41 Å². The number of hydrogen-bond donors (Lipinski definition) is 2. The van der Waals surface area contributed by atoms with Gasteiger partial charge in [0.1, 0.15) is 5.82 Å². The zero-order valence-electron chi connectivity index (χ0n) is 12.1. The Kier molecular flexibility index (Phi) is 3.94. The molecule has 1 aromatic heterocycles. The SMILES string of the molecule is O=C(NCC1(Cn2ccnc2)CC1)[C@@H](O)c1ccc(F)cc1. The summed E-state index contributed by atoms with van der Waals surface area (Å²) in [6, 6.07) is 5.29. The number of amides is 1. The standard InChI is InChI=1S/C16H18FN3O2/c17-13-3-1-12(2-4-13)14(21)15(22)19-9-16(5-6-16)10-20-8-7-18-11-20/h1-4,7-8,11,14,21H,5-6,9-10H2,(H,19,22)/t14-/m0/s1. The minimum Gasteiger partial charge on any atom is -0.378 e. The van der Waals surface area contributed by atoms with Crippen molar-refractivity contribution in [1.29, 1.82) is 0 Å². The van der Waals surface area contributed by atoms with Gasteiger partial charge in [-0.3, -0.25) is 4.79 Å². The molecule has 3 rings (SSSR count). The Morgan fingerprint density at radius 1 is 1.41 bits per heavy atom. The van der Waals surface area contributed by atoms with Gasteiger partial charge in [0.2, 0.25) is 0 Å². The van der Waals surface area contributed by atoms with E-state index in [0.717, 1.165) is 19.4 Å². The third-order valence-electron chi connectivity index (χ3n) is 4.11. The smallest absolute Gasteiger partial charge is 0.253 e. The summed E-state index contributed by atoms with van der Waals surface area (Å²) in [7, 11) is 0. The fraction of sp³-hybridized carbons (Fsp3) is 0.375. The third kappa shape index (κ3) is 3.33. The summed E-state index contributed by atoms with van der Waals surface area (Å²) in [6.07, 6.45) is 6.19. The molecule has 0 aliphatic heterocycles. The molecular formula is C16H18FN3O2. The maximum absolute atomic E-state index is 12.9. The molecule has 0 unspecified atom stereocenters. The average molecular weight is 303 g/mol. The van der Waals surface area contributed by atoms with E-state index in [1.807, 2.05) is 10.8 Å². The minimum atomic E-state index is -1.27. The van der Waals surface area contributed by atoms with E-state index in [1.54, 1.807) is 12.5 Å². The predicted octanol–water partition coefficient (Wildman–Crippen LogP) is 1.65. The van der Waals surface area contributed by atoms with E-state index in [-0.39, 0.29) is 5.41 Å². The Morgan fingerprint density at radius 3 is 2.73 bits per heavy atom. The molecule has 1 aromatic carbocycles. The number of nitrogens with one attached hydrogen (secondary N) is 1. The molecule has 0 saturated heterocycles. The highest BCUT2D eigenvalue weighted by Gasteiger charge is 2.43. The summed E-state index contributed by atoms with van der Waals surface area (Å²) >= 11 is 0. The highest BCUT2D eigenvalue weighted by molar-refractivity contribution is 5.81. The summed E-state index contributed by atoms with van der Waals surface area (Å²) in [5, 5.41) is 12.8. The summed E-state index contributed by atoms with van der Waals surface area (Å²) in [4.78, 5) is 16.0. The maximum atomic E-state index is 12.9. The first kappa shape index (κ1) is 14.7. The number of carbonyl (C=O) groups is 1. The van der Waals surface area contributed by atoms with Crippen molar-refractivity contribution in [2.45, 2.75) is 25.5 Å². The lowest BCUT2D eigenvalue weighted by molar-refractivity contribution is -0.129. The van der Waals surface area contributed by atoms with Crippen LogP contribution in [0.4, 0.5) is 4.39 Å². The van der Waals surface area contributed by atoms with Crippen molar-refractivity contribution in [3.05, 3.63) is 54.4 Å². The number of imidazole rings is 1. The Morgan fingerprint density at radius 2 is 2.14 bits per heavy atom. The van der Waals surface area contributed by atoms with Gasteiger partial charge in [0.15, 0.2) is 6.10 Å². The first-order valence-electron chi connectivity index (χ1n) is 7.25. The molecule has 22 heavy (non-hydrogen) atoms. The van der Waals surface area contributed by atoms with Crippen LogP contribution in [-0.4, -0.2) is 27.1 Å². The highest BCUT2D eigenvalue weighted by atomic mass is 19.1. The Labute approximate surface area is 127 Å². The number of rotatable bonds is 6. The first-order chi connectivity index (χ1) is 10.6. The van der Waals surface area contributed by atoms with E-state index in [4.69, 9.17) is 0 Å². The van der Waals surface area contributed by atoms with E-state index in [9.17, 15) is 14.3 Å². The van der Waals surface area contributed by atoms with Crippen molar-refractivity contribution < 1.29 is 14.3 Å². The molecule has 1 fully saturated rings. The van der Waals surface area contributed by atoms with Crippen LogP contribution in [0, 0.1) is 11.2 Å². The van der Waals surface area contributed by atoms with E-state index in [1.165, 1.54) is 24.3 Å². The number of carbonyl (C=O) groups excluding carboxylic acids is 1. The normalized spacial score (nSPS) is 17.0. The fourth-order valence-corrected chi connectivity index (χ4v) is 2.50. The van der Waals surface area contributed by atoms with Crippen LogP contribution in [0.3, 0.4) is 0 Å². The topological polar surface area (TPSA) is 67.2 Å². The number of hydrogen-bond acceptors (Lipinski definition) is 3. The summed E-state index contributed by atoms with van der Waals surface area (Å²) in [5.74, 6) is -0.850. The molecule has 0 bridgehead atoms. The van der Waals surface area contributed by atoms with E-state index in [2.05, 4.69) is 10.3 Å². The number of halogens is 1. The van der Waals surface area contributed by atoms with Gasteiger partial charge in [-0.25, -0.2) is 9.37 Å². The molecule has 2 aromatic rings. The van der Waals surface area contributed by atoms with Gasteiger partial charge in [-0.2, -0.15) is 0 Å². The molecule has 0 spiro atoms. The molecular weight excluding hydrogens is 285 g/mol. The number of benzene rings is 1. The second-order valence-electron chi connectivity index (χ2n) is 5.91. The van der Waals surface area contributed by atoms with Crippen molar-refractivity contribution in [3.63, 3.8) is 0 Å². The zero-order valence-corrected chi connectivity index (χ0v) is 12.1. The van der Waals surface area contributed by atoms with Gasteiger partial charge in [0.05, 0.1) is 6.33 Å². The number of aliphatic hydroxyl groups excluding tert-OH is 1. The van der Waals surface area contributed by atoms with Gasteiger partial charge < -0.3 is 15.0 Å². The van der Waals surface area contributed by atoms with Gasteiger partial charge in [0, 0.05) is 30.9 Å². The number of aromatic nitrogens is 2. The Balaban J connectivity index is 1.54. The second-order valence-corrected chi connectivity index (χ2v) is 5.91. The summed E-state index contributed by atoms with van der Waals surface area (Å²) < 4.78 is 14.9. The maximum Gasteiger partial charge on any atom is 0.253 e. The molecule has 1 saturated carbocycles. The Bertz CT molecular complexity index is 636. The van der Waals surface area contributed by atoms with Crippen molar-refractivity contribution in [3.8, 4) is 0 Å². The van der Waals surface area contributed by atoms with E-state index in [0.29, 0.717) is 12.1 Å². The zero-order chi connectivity index (χ0) is 15.6. The van der Waals surface area contributed by atoms with Gasteiger partial charge in [-0.05, 0) is 30.5 Å². The quantitative estimate of drug-likeness (QED) is 0.853. The molecule has 1 aliphatic rings. The molecule has 1 atom stereocenters. The van der Waals surface area contributed by atoms with Crippen LogP contribution in [0.5, 0.6) is 0 Å². The lowest BCUT2D eigenvalue weighted by atomic mass is 10.1. The molecule has 116 valence electrons. The molecule has 1 heterocycles. The summed E-state index contributed by atoms with van der Waals surface area (Å²) in [6.45, 7) is 1.32. The monoisotopic (exact) mass is 303 g/mol. The minimum absolute atomic E-state index is 0.0544. The molecule has 6 heteroatoms. The predicted molar refractivity (Wildman–Crippen MR) is 78.3 cm³/mol. The number of nitrogens with zero attached hydrogens (tertiary/aromatic N) is 2. The number of aliphatic hydroxyl groups is 1. The molecule has 1 amide bonds. The summed E-state index contributed by atoms with van der Waals surface area (Å²) in [5.41, 5.74) is 0.442. The second kappa shape index (κ2) is 5.88. The van der Waals surface area contributed by atoms with E-state index >= 15 is 0 Å².